The summed E-state index contributed by atoms with van der Waals surface area (Å²) in [5.41, 5.74) is -0.231. The summed E-state index contributed by atoms with van der Waals surface area (Å²) in [4.78, 5) is 56.5. The molecular weight excluding hydrogens is 516 g/mol. The lowest BCUT2D eigenvalue weighted by atomic mass is 9.90. The minimum absolute atomic E-state index is 0.124. The van der Waals surface area contributed by atoms with Gasteiger partial charge in [0.05, 0.1) is 13.0 Å². The number of aliphatic hydroxyl groups is 1. The quantitative estimate of drug-likeness (QED) is 0.310. The Morgan fingerprint density at radius 3 is 2.10 bits per heavy atom. The van der Waals surface area contributed by atoms with Gasteiger partial charge in [-0.25, -0.2) is 0 Å². The van der Waals surface area contributed by atoms with E-state index in [2.05, 4.69) is 5.32 Å². The zero-order valence-corrected chi connectivity index (χ0v) is 24.0. The predicted molar refractivity (Wildman–Crippen MR) is 148 cm³/mol. The van der Waals surface area contributed by atoms with Gasteiger partial charge in [-0.2, -0.15) is 0 Å². The first kappa shape index (κ1) is 31.5. The molecule has 2 aliphatic rings. The van der Waals surface area contributed by atoms with Gasteiger partial charge in [0.15, 0.2) is 0 Å². The molecule has 222 valence electrons. The maximum atomic E-state index is 14.1. The third-order valence-electron chi connectivity index (χ3n) is 8.26. The number of hydrogen-bond acceptors (Lipinski definition) is 7. The van der Waals surface area contributed by atoms with Gasteiger partial charge in [0.1, 0.15) is 17.6 Å². The van der Waals surface area contributed by atoms with E-state index in [9.17, 15) is 29.4 Å². The van der Waals surface area contributed by atoms with Gasteiger partial charge in [0, 0.05) is 28.2 Å². The number of ether oxygens (including phenoxy) is 1. The normalized spacial score (nSPS) is 19.0. The van der Waals surface area contributed by atoms with Crippen LogP contribution >= 0.6 is 0 Å². The molecule has 0 spiro atoms. The van der Waals surface area contributed by atoms with E-state index in [1.807, 2.05) is 30.3 Å². The van der Waals surface area contributed by atoms with Gasteiger partial charge in [-0.3, -0.25) is 24.5 Å². The predicted octanol–water partition coefficient (Wildman–Crippen LogP) is 1.79. The van der Waals surface area contributed by atoms with Crippen LogP contribution in [0.2, 0.25) is 0 Å². The lowest BCUT2D eigenvalue weighted by molar-refractivity contribution is -0.165. The number of likely N-dealkylation sites (N-methyl/N-ethyl adjacent to an activating group) is 3. The Balaban J connectivity index is 1.83. The monoisotopic (exact) mass is 560 g/mol. The number of rotatable bonds is 13. The Morgan fingerprint density at radius 1 is 0.950 bits per heavy atom. The molecule has 2 saturated carbocycles. The summed E-state index contributed by atoms with van der Waals surface area (Å²) in [6.45, 7) is 0.161. The number of nitrogens with one attached hydrogen (secondary N) is 1. The third-order valence-corrected chi connectivity index (χ3v) is 8.26. The van der Waals surface area contributed by atoms with Crippen molar-refractivity contribution in [3.63, 3.8) is 0 Å². The molecule has 3 N–H and O–H groups in total. The molecule has 2 fully saturated rings. The number of aliphatic hydroxyl groups excluding tert-OH is 1. The Morgan fingerprint density at radius 2 is 1.55 bits per heavy atom. The molecule has 3 atom stereocenters. The van der Waals surface area contributed by atoms with Crippen LogP contribution < -0.4 is 5.32 Å². The Labute approximate surface area is 236 Å². The van der Waals surface area contributed by atoms with Crippen LogP contribution in [0.3, 0.4) is 0 Å². The van der Waals surface area contributed by atoms with E-state index in [4.69, 9.17) is 4.74 Å². The molecule has 1 aromatic carbocycles. The summed E-state index contributed by atoms with van der Waals surface area (Å²) in [5.74, 6) is -2.59. The van der Waals surface area contributed by atoms with E-state index in [0.29, 0.717) is 12.8 Å². The fourth-order valence-corrected chi connectivity index (χ4v) is 6.06. The Kier molecular flexibility index (Phi) is 11.1. The van der Waals surface area contributed by atoms with Gasteiger partial charge >= 0.3 is 5.97 Å². The number of hydrogen-bond donors (Lipinski definition) is 3. The van der Waals surface area contributed by atoms with Crippen molar-refractivity contribution in [2.45, 2.75) is 88.4 Å². The number of amides is 3. The van der Waals surface area contributed by atoms with Gasteiger partial charge in [-0.1, -0.05) is 56.0 Å². The number of carboxylic acids is 1. The molecular formula is C29H44N4O7. The second-order valence-electron chi connectivity index (χ2n) is 11.3. The molecule has 40 heavy (non-hydrogen) atoms. The summed E-state index contributed by atoms with van der Waals surface area (Å²) in [7, 11) is 6.05. The lowest BCUT2D eigenvalue weighted by Gasteiger charge is -2.41. The van der Waals surface area contributed by atoms with Gasteiger partial charge in [-0.05, 0) is 37.2 Å². The largest absolute Gasteiger partial charge is 0.481 e. The van der Waals surface area contributed by atoms with Crippen molar-refractivity contribution in [2.24, 2.45) is 5.92 Å². The summed E-state index contributed by atoms with van der Waals surface area (Å²) in [5, 5.41) is 23.2. The first-order valence-corrected chi connectivity index (χ1v) is 14.0. The second-order valence-corrected chi connectivity index (χ2v) is 11.3. The minimum atomic E-state index is -1.39. The first-order valence-electron chi connectivity index (χ1n) is 14.0. The van der Waals surface area contributed by atoms with Gasteiger partial charge < -0.3 is 29.6 Å². The van der Waals surface area contributed by atoms with Crippen LogP contribution in [0.25, 0.3) is 0 Å². The van der Waals surface area contributed by atoms with Crippen molar-refractivity contribution in [1.29, 1.82) is 0 Å². The van der Waals surface area contributed by atoms with Crippen molar-refractivity contribution in [2.75, 3.05) is 28.2 Å². The second kappa shape index (κ2) is 14.0. The number of nitrogens with zero attached hydrogens (tertiary/aromatic N) is 3. The van der Waals surface area contributed by atoms with Crippen LogP contribution in [0.4, 0.5) is 0 Å². The molecule has 11 heteroatoms. The molecule has 0 aliphatic heterocycles. The average molecular weight is 561 g/mol. The molecule has 2 aliphatic carbocycles. The SMILES string of the molecule is CN(C)C(=O)[C@H](CC(=O)O)N(C)C(=O)[C@H](C1CCCC1)N(C)C(=O)C1(NC(O)OCc2ccccc2)CCCC1. The topological polar surface area (TPSA) is 140 Å². The van der Waals surface area contributed by atoms with Crippen molar-refractivity contribution in [1.82, 2.24) is 20.0 Å². The molecule has 3 amide bonds. The highest BCUT2D eigenvalue weighted by atomic mass is 16.6. The molecule has 3 rings (SSSR count). The number of carbonyl (C=O) groups excluding carboxylic acids is 3. The highest BCUT2D eigenvalue weighted by Gasteiger charge is 2.49. The van der Waals surface area contributed by atoms with Crippen LogP contribution in [0.1, 0.15) is 63.4 Å². The van der Waals surface area contributed by atoms with Gasteiger partial charge in [-0.15, -0.1) is 0 Å². The number of aliphatic carboxylic acids is 1. The van der Waals surface area contributed by atoms with Crippen LogP contribution in [0.5, 0.6) is 0 Å². The van der Waals surface area contributed by atoms with E-state index in [1.54, 1.807) is 7.05 Å². The fraction of sp³-hybridized carbons (Fsp3) is 0.655. The molecule has 0 radical (unpaired) electrons. The van der Waals surface area contributed by atoms with E-state index < -0.39 is 48.2 Å². The maximum absolute atomic E-state index is 14.1. The third kappa shape index (κ3) is 7.58. The maximum Gasteiger partial charge on any atom is 0.305 e. The van der Waals surface area contributed by atoms with Crippen molar-refractivity contribution < 1.29 is 34.1 Å². The van der Waals surface area contributed by atoms with Crippen LogP contribution in [-0.2, 0) is 30.5 Å². The number of carbonyl (C=O) groups is 4. The standard InChI is InChI=1S/C29H44N4O7/c1-31(2)25(36)22(18-23(34)35)32(3)26(37)24(21-14-8-9-15-21)33(4)27(38)29(16-10-11-17-29)30-28(39)40-19-20-12-6-5-7-13-20/h5-7,12-13,21-22,24,28,30,39H,8-11,14-19H2,1-4H3,(H,34,35)/t22-,24-,28?/m0/s1. The number of carboxylic acid groups (broad SMARTS) is 1. The zero-order chi connectivity index (χ0) is 29.4. The summed E-state index contributed by atoms with van der Waals surface area (Å²) >= 11 is 0. The van der Waals surface area contributed by atoms with Gasteiger partial charge in [0.25, 0.3) is 0 Å². The van der Waals surface area contributed by atoms with Gasteiger partial charge in [0.2, 0.25) is 24.1 Å². The van der Waals surface area contributed by atoms with Crippen molar-refractivity contribution in [3.8, 4) is 0 Å². The molecule has 1 unspecified atom stereocenters. The molecule has 0 heterocycles. The van der Waals surface area contributed by atoms with E-state index in [-0.39, 0.29) is 18.4 Å². The van der Waals surface area contributed by atoms with Crippen LogP contribution in [0.15, 0.2) is 30.3 Å². The smallest absolute Gasteiger partial charge is 0.305 e. The van der Waals surface area contributed by atoms with Crippen molar-refractivity contribution >= 4 is 23.7 Å². The van der Waals surface area contributed by atoms with E-state index in [0.717, 1.165) is 44.1 Å². The number of benzene rings is 1. The first-order chi connectivity index (χ1) is 19.0. The fourth-order valence-electron chi connectivity index (χ4n) is 6.06. The summed E-state index contributed by atoms with van der Waals surface area (Å²) < 4.78 is 5.61. The minimum Gasteiger partial charge on any atom is -0.481 e. The summed E-state index contributed by atoms with van der Waals surface area (Å²) in [6, 6.07) is 7.33. The highest BCUT2D eigenvalue weighted by molar-refractivity contribution is 5.95. The average Bonchev–Trinajstić information content (AvgIpc) is 3.63. The molecule has 11 nitrogen and oxygen atoms in total. The highest BCUT2D eigenvalue weighted by Crippen LogP contribution is 2.36. The Hall–Kier alpha value is -3.02. The molecule has 0 aromatic heterocycles. The summed E-state index contributed by atoms with van der Waals surface area (Å²) in [6.07, 6.45) is 3.91. The Bertz CT molecular complexity index is 1020. The molecule has 0 saturated heterocycles. The molecule has 0 bridgehead atoms. The van der Waals surface area contributed by atoms with Crippen LogP contribution in [-0.4, -0.2) is 101 Å². The zero-order valence-electron chi connectivity index (χ0n) is 24.0. The molecule has 1 aromatic rings. The lowest BCUT2D eigenvalue weighted by Crippen LogP contribution is -2.64. The van der Waals surface area contributed by atoms with E-state index >= 15 is 0 Å². The van der Waals surface area contributed by atoms with E-state index in [1.165, 1.54) is 35.8 Å². The van der Waals surface area contributed by atoms with Crippen molar-refractivity contribution in [3.05, 3.63) is 35.9 Å². The van der Waals surface area contributed by atoms with Crippen LogP contribution in [0, 0.1) is 5.92 Å².